The molecular weight excluding hydrogens is 288 g/mol. The fraction of sp³-hybridized carbons (Fsp3) is 0.643. The molecule has 118 valence electrons. The summed E-state index contributed by atoms with van der Waals surface area (Å²) in [5.41, 5.74) is 0. The van der Waals surface area contributed by atoms with E-state index in [0.717, 1.165) is 32.4 Å². The monoisotopic (exact) mass is 312 g/mol. The Balaban J connectivity index is 2.02. The number of hydrogen-bond acceptors (Lipinski definition) is 4. The maximum atomic E-state index is 12.6. The highest BCUT2D eigenvalue weighted by atomic mass is 32.2. The summed E-state index contributed by atoms with van der Waals surface area (Å²) >= 11 is 0. The first-order valence-electron chi connectivity index (χ1n) is 7.45. The molecule has 1 aromatic rings. The molecule has 0 bridgehead atoms. The second-order valence-electron chi connectivity index (χ2n) is 5.28. The Bertz CT molecular complexity index is 563. The van der Waals surface area contributed by atoms with E-state index in [-0.39, 0.29) is 10.9 Å². The van der Waals surface area contributed by atoms with Gasteiger partial charge < -0.3 is 5.32 Å². The Kier molecular flexibility index (Phi) is 5.55. The first-order chi connectivity index (χ1) is 10.1. The van der Waals surface area contributed by atoms with Crippen molar-refractivity contribution in [3.05, 3.63) is 25.0 Å². The second-order valence-corrected chi connectivity index (χ2v) is 7.17. The lowest BCUT2D eigenvalue weighted by Gasteiger charge is -2.18. The summed E-state index contributed by atoms with van der Waals surface area (Å²) in [5, 5.41) is 7.42. The van der Waals surface area contributed by atoms with Crippen molar-refractivity contribution in [2.45, 2.75) is 43.7 Å². The highest BCUT2D eigenvalue weighted by Crippen LogP contribution is 2.31. The van der Waals surface area contributed by atoms with E-state index in [0.29, 0.717) is 13.1 Å². The smallest absolute Gasteiger partial charge is 0.246 e. The normalized spacial score (nSPS) is 15.5. The Morgan fingerprint density at radius 2 is 2.29 bits per heavy atom. The molecule has 6 nitrogen and oxygen atoms in total. The molecule has 0 aromatic carbocycles. The lowest BCUT2D eigenvalue weighted by Crippen LogP contribution is -2.33. The maximum Gasteiger partial charge on any atom is 0.246 e. The molecule has 1 fully saturated rings. The molecule has 7 heteroatoms. The lowest BCUT2D eigenvalue weighted by molar-refractivity contribution is 0.435. The number of nitrogens with zero attached hydrogens (tertiary/aromatic N) is 3. The van der Waals surface area contributed by atoms with Gasteiger partial charge in [-0.1, -0.05) is 13.0 Å². The Morgan fingerprint density at radius 1 is 1.52 bits per heavy atom. The van der Waals surface area contributed by atoms with Gasteiger partial charge in [0, 0.05) is 25.3 Å². The van der Waals surface area contributed by atoms with Gasteiger partial charge in [-0.3, -0.25) is 4.68 Å². The first kappa shape index (κ1) is 16.2. The van der Waals surface area contributed by atoms with Crippen molar-refractivity contribution >= 4 is 10.0 Å². The first-order valence-corrected chi connectivity index (χ1v) is 8.89. The summed E-state index contributed by atoms with van der Waals surface area (Å²) in [6, 6.07) is 0.127. The van der Waals surface area contributed by atoms with Gasteiger partial charge in [0.15, 0.2) is 0 Å². The van der Waals surface area contributed by atoms with Crippen molar-refractivity contribution in [1.82, 2.24) is 19.4 Å². The van der Waals surface area contributed by atoms with E-state index >= 15 is 0 Å². The van der Waals surface area contributed by atoms with Crippen LogP contribution in [-0.2, 0) is 16.6 Å². The summed E-state index contributed by atoms with van der Waals surface area (Å²) in [7, 11) is -3.46. The van der Waals surface area contributed by atoms with Gasteiger partial charge in [-0.05, 0) is 25.8 Å². The van der Waals surface area contributed by atoms with Crippen LogP contribution in [-0.4, -0.2) is 48.2 Å². The Morgan fingerprint density at radius 3 is 2.90 bits per heavy atom. The van der Waals surface area contributed by atoms with Gasteiger partial charge >= 0.3 is 0 Å². The van der Waals surface area contributed by atoms with Gasteiger partial charge in [-0.15, -0.1) is 6.58 Å². The molecule has 0 atom stereocenters. The number of rotatable bonds is 10. The van der Waals surface area contributed by atoms with Crippen LogP contribution in [0.5, 0.6) is 0 Å². The third-order valence-electron chi connectivity index (χ3n) is 3.42. The maximum absolute atomic E-state index is 12.6. The average molecular weight is 312 g/mol. The van der Waals surface area contributed by atoms with Gasteiger partial charge in [0.1, 0.15) is 4.90 Å². The highest BCUT2D eigenvalue weighted by Gasteiger charge is 2.37. The zero-order valence-corrected chi connectivity index (χ0v) is 13.3. The minimum Gasteiger partial charge on any atom is -0.315 e. The Hall–Kier alpha value is -1.18. The van der Waals surface area contributed by atoms with Gasteiger partial charge in [0.05, 0.1) is 12.7 Å². The Labute approximate surface area is 126 Å². The van der Waals surface area contributed by atoms with Crippen molar-refractivity contribution in [3.8, 4) is 0 Å². The molecule has 1 aliphatic rings. The van der Waals surface area contributed by atoms with Crippen molar-refractivity contribution in [3.63, 3.8) is 0 Å². The number of aromatic nitrogens is 2. The highest BCUT2D eigenvalue weighted by molar-refractivity contribution is 7.89. The fourth-order valence-electron chi connectivity index (χ4n) is 2.16. The largest absolute Gasteiger partial charge is 0.315 e. The van der Waals surface area contributed by atoms with Crippen LogP contribution in [0, 0.1) is 0 Å². The van der Waals surface area contributed by atoms with E-state index in [9.17, 15) is 8.42 Å². The standard InChI is InChI=1S/C14H24N4O2S/c1-3-7-15-8-10-17-12-14(11-16-17)21(19,20)18(9-4-2)13-5-6-13/h4,11-13,15H,2-3,5-10H2,1H3. The molecule has 0 spiro atoms. The van der Waals surface area contributed by atoms with Gasteiger partial charge in [-0.2, -0.15) is 9.40 Å². The van der Waals surface area contributed by atoms with E-state index in [4.69, 9.17) is 0 Å². The molecule has 1 saturated carbocycles. The van der Waals surface area contributed by atoms with Crippen LogP contribution in [0.1, 0.15) is 26.2 Å². The van der Waals surface area contributed by atoms with Crippen molar-refractivity contribution in [2.75, 3.05) is 19.6 Å². The van der Waals surface area contributed by atoms with E-state index in [2.05, 4.69) is 23.9 Å². The van der Waals surface area contributed by atoms with Crippen LogP contribution in [0.25, 0.3) is 0 Å². The van der Waals surface area contributed by atoms with E-state index < -0.39 is 10.0 Å². The average Bonchev–Trinajstić information content (AvgIpc) is 3.17. The molecule has 1 N–H and O–H groups in total. The van der Waals surface area contributed by atoms with E-state index in [1.54, 1.807) is 17.0 Å². The molecule has 0 unspecified atom stereocenters. The molecule has 2 rings (SSSR count). The molecule has 1 aliphatic carbocycles. The van der Waals surface area contributed by atoms with Gasteiger partial charge in [-0.25, -0.2) is 8.42 Å². The molecule has 1 aromatic heterocycles. The minimum absolute atomic E-state index is 0.127. The zero-order valence-electron chi connectivity index (χ0n) is 12.5. The van der Waals surface area contributed by atoms with Crippen LogP contribution < -0.4 is 5.32 Å². The third-order valence-corrected chi connectivity index (χ3v) is 5.29. The van der Waals surface area contributed by atoms with Crippen molar-refractivity contribution in [1.29, 1.82) is 0 Å². The summed E-state index contributed by atoms with van der Waals surface area (Å²) < 4.78 is 28.4. The van der Waals surface area contributed by atoms with Crippen LogP contribution in [0.3, 0.4) is 0 Å². The predicted octanol–water partition coefficient (Wildman–Crippen LogP) is 1.22. The summed E-state index contributed by atoms with van der Waals surface area (Å²) in [5.74, 6) is 0. The molecular formula is C14H24N4O2S. The fourth-order valence-corrected chi connectivity index (χ4v) is 3.78. The van der Waals surface area contributed by atoms with E-state index in [1.807, 2.05) is 0 Å². The van der Waals surface area contributed by atoms with E-state index in [1.165, 1.54) is 10.5 Å². The van der Waals surface area contributed by atoms with Crippen molar-refractivity contribution < 1.29 is 8.42 Å². The number of sulfonamides is 1. The topological polar surface area (TPSA) is 67.2 Å². The van der Waals surface area contributed by atoms with Crippen LogP contribution in [0.4, 0.5) is 0 Å². The summed E-state index contributed by atoms with van der Waals surface area (Å²) in [6.07, 6.45) is 7.63. The quantitative estimate of drug-likeness (QED) is 0.521. The molecule has 0 amide bonds. The lowest BCUT2D eigenvalue weighted by atomic mass is 10.5. The number of nitrogens with one attached hydrogen (secondary N) is 1. The molecule has 21 heavy (non-hydrogen) atoms. The zero-order chi connectivity index (χ0) is 15.3. The van der Waals surface area contributed by atoms with Gasteiger partial charge in [0.2, 0.25) is 10.0 Å². The summed E-state index contributed by atoms with van der Waals surface area (Å²) in [4.78, 5) is 0.270. The minimum atomic E-state index is -3.46. The summed E-state index contributed by atoms with van der Waals surface area (Å²) in [6.45, 7) is 8.52. The SMILES string of the molecule is C=CCN(C1CC1)S(=O)(=O)c1cnn(CCNCCC)c1. The second kappa shape index (κ2) is 7.20. The van der Waals surface area contributed by atoms with Crippen LogP contribution >= 0.6 is 0 Å². The van der Waals surface area contributed by atoms with Crippen molar-refractivity contribution in [2.24, 2.45) is 0 Å². The molecule has 1 heterocycles. The van der Waals surface area contributed by atoms with Crippen LogP contribution in [0.2, 0.25) is 0 Å². The molecule has 0 saturated heterocycles. The number of hydrogen-bond donors (Lipinski definition) is 1. The van der Waals surface area contributed by atoms with Gasteiger partial charge in [0.25, 0.3) is 0 Å². The molecule has 0 radical (unpaired) electrons. The molecule has 0 aliphatic heterocycles. The predicted molar refractivity (Wildman–Crippen MR) is 82.5 cm³/mol. The third kappa shape index (κ3) is 4.15. The van der Waals surface area contributed by atoms with Crippen LogP contribution in [0.15, 0.2) is 29.9 Å².